The standard InChI is InChI=1S/C96H99N9O33/c1-13-118-85(106)73-34-67(35-74(100-73)86(107)119-14-2)133-49-58-28-64(29-59(97-58)50-134-68-36-75(87(108)120-15-3)101-76(37-68)88(109)121-16-4)130-46-55-25-56(47-131-65-30-60(51-135-69-38-77(89(110)122-17-5)102-78(39-69)90(111)123-18-6)98-61(31-65)52-136-70-40-79(91(112)124-19-7)103-80(41-70)92(113)125-20-8)27-57(26-55)48-132-66-32-62(53-137-71-42-81(93(114)126-21-9)104-82(43-71)94(115)127-22-10)99-63(33-66)54-138-72-44-83(95(116)128-23-11)105-84(45-72)96(117)129-24-12/h25-45H,13-24,46-54H2,1-12H3. The van der Waals surface area contributed by atoms with Crippen LogP contribution in [0.15, 0.2) is 127 Å². The van der Waals surface area contributed by atoms with E-state index < -0.39 is 71.6 Å². The van der Waals surface area contributed by atoms with Gasteiger partial charge in [-0.3, -0.25) is 15.0 Å². The molecule has 9 aromatic heterocycles. The van der Waals surface area contributed by atoms with Gasteiger partial charge in [0, 0.05) is 109 Å². The van der Waals surface area contributed by atoms with E-state index in [1.807, 2.05) is 0 Å². The maximum atomic E-state index is 13.2. The van der Waals surface area contributed by atoms with Crippen LogP contribution in [0.5, 0.6) is 51.7 Å². The molecule has 0 saturated heterocycles. The number of esters is 12. The van der Waals surface area contributed by atoms with Gasteiger partial charge in [0.1, 0.15) is 111 Å². The highest BCUT2D eigenvalue weighted by Gasteiger charge is 2.27. The molecule has 0 N–H and O–H groups in total. The van der Waals surface area contributed by atoms with Gasteiger partial charge in [-0.1, -0.05) is 0 Å². The van der Waals surface area contributed by atoms with Gasteiger partial charge in [0.15, 0.2) is 68.3 Å². The van der Waals surface area contributed by atoms with Crippen LogP contribution in [0, 0.1) is 0 Å². The number of carbonyl (C=O) groups is 12. The van der Waals surface area contributed by atoms with Crippen molar-refractivity contribution in [3.63, 3.8) is 0 Å². The van der Waals surface area contributed by atoms with Crippen LogP contribution in [-0.4, -0.2) is 196 Å². The van der Waals surface area contributed by atoms with Crippen molar-refractivity contribution in [2.45, 2.75) is 143 Å². The number of nitrogens with zero attached hydrogens (tertiary/aromatic N) is 9. The Morgan fingerprint density at radius 1 is 0.152 bits per heavy atom. The lowest BCUT2D eigenvalue weighted by atomic mass is 10.1. The molecule has 0 aliphatic carbocycles. The molecule has 42 nitrogen and oxygen atoms in total. The predicted molar refractivity (Wildman–Crippen MR) is 475 cm³/mol. The molecule has 0 atom stereocenters. The van der Waals surface area contributed by atoms with E-state index in [0.29, 0.717) is 16.7 Å². The molecule has 0 bridgehead atoms. The maximum Gasteiger partial charge on any atom is 0.357 e. The SMILES string of the molecule is CCOC(=O)c1cc(OCc2cc(OCc3cc(COc4cc(COc5cc(C(=O)OCC)nc(C(=O)OCC)c5)nc(COc5cc(C(=O)OCC)nc(C(=O)OCC)c5)c4)cc(COc4cc(COc5cc(C(=O)OCC)nc(C(=O)OCC)c5)nc(COc5cc(C(=O)OCC)nc(C(=O)OCC)c5)c4)c3)cc(COc3cc(C(=O)OCC)nc(C(=O)OCC)c3)n2)cc(C(=O)OCC)n1. The Labute approximate surface area is 790 Å². The minimum absolute atomic E-state index is 0.0282. The van der Waals surface area contributed by atoms with E-state index in [9.17, 15) is 57.5 Å². The first kappa shape index (κ1) is 104. The topological polar surface area (TPSA) is 515 Å². The Hall–Kier alpha value is -16.6. The van der Waals surface area contributed by atoms with Crippen molar-refractivity contribution >= 4 is 71.6 Å². The Morgan fingerprint density at radius 2 is 0.261 bits per heavy atom. The second-order valence-corrected chi connectivity index (χ2v) is 28.2. The largest absolute Gasteiger partial charge is 0.489 e. The van der Waals surface area contributed by atoms with Gasteiger partial charge >= 0.3 is 71.6 Å². The van der Waals surface area contributed by atoms with E-state index in [2.05, 4.69) is 29.9 Å². The normalized spacial score (nSPS) is 10.7. The Morgan fingerprint density at radius 3 is 0.377 bits per heavy atom. The monoisotopic (exact) mass is 1910 g/mol. The van der Waals surface area contributed by atoms with Crippen LogP contribution in [-0.2, 0) is 116 Å². The number of ether oxygens (including phenoxy) is 21. The van der Waals surface area contributed by atoms with Crippen molar-refractivity contribution in [3.8, 4) is 51.7 Å². The third-order valence-electron chi connectivity index (χ3n) is 18.0. The van der Waals surface area contributed by atoms with Crippen molar-refractivity contribution < 1.29 is 157 Å². The summed E-state index contributed by atoms with van der Waals surface area (Å²) in [5.41, 5.74) is -0.941. The molecule has 0 amide bonds. The number of aromatic nitrogens is 9. The smallest absolute Gasteiger partial charge is 0.357 e. The number of hydrogen-bond donors (Lipinski definition) is 0. The van der Waals surface area contributed by atoms with E-state index in [1.54, 1.807) is 101 Å². The molecule has 9 heterocycles. The molecular formula is C96H99N9O33. The molecule has 0 spiro atoms. The molecule has 0 unspecified atom stereocenters. The molecular weight excluding hydrogens is 1810 g/mol. The van der Waals surface area contributed by atoms with Gasteiger partial charge in [-0.05, 0) is 118 Å². The molecule has 0 aliphatic rings. The summed E-state index contributed by atoms with van der Waals surface area (Å²) in [5.74, 6) is -10.2. The van der Waals surface area contributed by atoms with Crippen LogP contribution in [0.1, 0.15) is 260 Å². The van der Waals surface area contributed by atoms with Gasteiger partial charge in [-0.25, -0.2) is 87.4 Å². The quantitative estimate of drug-likeness (QED) is 0.0252. The molecule has 1 aromatic carbocycles. The molecule has 42 heteroatoms. The van der Waals surface area contributed by atoms with Crippen LogP contribution in [0.25, 0.3) is 0 Å². The number of rotatable bonds is 51. The summed E-state index contributed by atoms with van der Waals surface area (Å²) in [6.07, 6.45) is 0. The Kier molecular flexibility index (Phi) is 39.1. The summed E-state index contributed by atoms with van der Waals surface area (Å²) in [4.78, 5) is 198. The van der Waals surface area contributed by atoms with Crippen molar-refractivity contribution in [2.75, 3.05) is 79.3 Å². The summed E-state index contributed by atoms with van der Waals surface area (Å²) in [6.45, 7) is 15.6. The zero-order valence-corrected chi connectivity index (χ0v) is 77.5. The number of carbonyl (C=O) groups excluding carboxylic acids is 12. The van der Waals surface area contributed by atoms with Crippen LogP contribution in [0.3, 0.4) is 0 Å². The minimum atomic E-state index is -0.866. The zero-order valence-electron chi connectivity index (χ0n) is 77.5. The maximum absolute atomic E-state index is 13.2. The number of benzene rings is 1. The number of hydrogen-bond acceptors (Lipinski definition) is 42. The Balaban J connectivity index is 1.08. The first-order valence-corrected chi connectivity index (χ1v) is 43.6. The zero-order chi connectivity index (χ0) is 99.2. The average Bonchev–Trinajstić information content (AvgIpc) is 0.704. The van der Waals surface area contributed by atoms with Crippen LogP contribution >= 0.6 is 0 Å². The van der Waals surface area contributed by atoms with Crippen LogP contribution in [0.4, 0.5) is 0 Å². The van der Waals surface area contributed by atoms with Crippen molar-refractivity contribution in [2.24, 2.45) is 0 Å². The fourth-order valence-corrected chi connectivity index (χ4v) is 12.3. The lowest BCUT2D eigenvalue weighted by Gasteiger charge is -2.16. The highest BCUT2D eigenvalue weighted by Crippen LogP contribution is 2.31. The number of pyridine rings is 9. The van der Waals surface area contributed by atoms with E-state index in [0.717, 1.165) is 0 Å². The van der Waals surface area contributed by atoms with E-state index in [-0.39, 0.29) is 293 Å². The van der Waals surface area contributed by atoms with Gasteiger partial charge in [0.2, 0.25) is 0 Å². The second kappa shape index (κ2) is 52.2. The van der Waals surface area contributed by atoms with Gasteiger partial charge in [0.25, 0.3) is 0 Å². The summed E-state index contributed by atoms with van der Waals surface area (Å²) >= 11 is 0. The molecule has 0 saturated carbocycles. The molecule has 0 fully saturated rings. The van der Waals surface area contributed by atoms with Crippen molar-refractivity contribution in [3.05, 3.63) is 247 Å². The minimum Gasteiger partial charge on any atom is -0.489 e. The lowest BCUT2D eigenvalue weighted by molar-refractivity contribution is 0.0491. The average molecular weight is 1910 g/mol. The van der Waals surface area contributed by atoms with E-state index in [4.69, 9.17) is 114 Å². The first-order valence-electron chi connectivity index (χ1n) is 43.6. The summed E-state index contributed by atoms with van der Waals surface area (Å²) < 4.78 is 120. The third-order valence-corrected chi connectivity index (χ3v) is 18.0. The molecule has 10 aromatic rings. The Bertz CT molecular complexity index is 4950. The van der Waals surface area contributed by atoms with E-state index in [1.165, 1.54) is 109 Å². The van der Waals surface area contributed by atoms with E-state index >= 15 is 0 Å². The highest BCUT2D eigenvalue weighted by molar-refractivity contribution is 5.97. The van der Waals surface area contributed by atoms with Crippen molar-refractivity contribution in [1.82, 2.24) is 44.9 Å². The fourth-order valence-electron chi connectivity index (χ4n) is 12.3. The molecule has 0 aliphatic heterocycles. The second-order valence-electron chi connectivity index (χ2n) is 28.2. The van der Waals surface area contributed by atoms with Gasteiger partial charge in [-0.15, -0.1) is 0 Å². The summed E-state index contributed by atoms with van der Waals surface area (Å²) in [7, 11) is 0. The highest BCUT2D eigenvalue weighted by atomic mass is 16.6. The lowest BCUT2D eigenvalue weighted by Crippen LogP contribution is -2.14. The molecule has 726 valence electrons. The van der Waals surface area contributed by atoms with Gasteiger partial charge in [-0.2, -0.15) is 0 Å². The third kappa shape index (κ3) is 31.0. The molecule has 0 radical (unpaired) electrons. The van der Waals surface area contributed by atoms with Gasteiger partial charge < -0.3 is 99.5 Å². The van der Waals surface area contributed by atoms with Crippen molar-refractivity contribution in [1.29, 1.82) is 0 Å². The summed E-state index contributed by atoms with van der Waals surface area (Å²) in [6, 6.07) is 29.6. The van der Waals surface area contributed by atoms with Crippen LogP contribution < -0.4 is 42.6 Å². The predicted octanol–water partition coefficient (Wildman–Crippen LogP) is 12.6. The summed E-state index contributed by atoms with van der Waals surface area (Å²) in [5, 5.41) is 0. The van der Waals surface area contributed by atoms with Crippen LogP contribution in [0.2, 0.25) is 0 Å². The van der Waals surface area contributed by atoms with Gasteiger partial charge in [0.05, 0.1) is 113 Å². The first-order chi connectivity index (χ1) is 66.7. The molecule has 10 rings (SSSR count). The fraction of sp³-hybridized carbons (Fsp3) is 0.344. The molecule has 138 heavy (non-hydrogen) atoms.